The molecular weight excluding hydrogens is 266 g/mol. The molecule has 0 fully saturated rings. The average Bonchev–Trinajstić information content (AvgIpc) is 2.28. The Bertz CT molecular complexity index is 506. The highest BCUT2D eigenvalue weighted by Crippen LogP contribution is 2.16. The van der Waals surface area contributed by atoms with Gasteiger partial charge in [0.05, 0.1) is 12.2 Å². The number of pyridine rings is 1. The van der Waals surface area contributed by atoms with Gasteiger partial charge in [0.2, 0.25) is 0 Å². The van der Waals surface area contributed by atoms with E-state index < -0.39 is 5.24 Å². The summed E-state index contributed by atoms with van der Waals surface area (Å²) >= 11 is 5.49. The molecule has 0 saturated carbocycles. The molecule has 0 saturated heterocycles. The number of ether oxygens (including phenoxy) is 1. The fraction of sp³-hybridized carbons (Fsp3) is 0.571. The van der Waals surface area contributed by atoms with Crippen molar-refractivity contribution in [2.45, 2.75) is 34.2 Å². The van der Waals surface area contributed by atoms with Crippen LogP contribution in [-0.2, 0) is 6.54 Å². The van der Waals surface area contributed by atoms with Crippen molar-refractivity contribution in [3.63, 3.8) is 0 Å². The normalized spacial score (nSPS) is 11.1. The molecule has 0 atom stereocenters. The van der Waals surface area contributed by atoms with E-state index >= 15 is 0 Å². The number of aromatic nitrogens is 1. The zero-order chi connectivity index (χ0) is 14.6. The van der Waals surface area contributed by atoms with Gasteiger partial charge in [-0.05, 0) is 29.5 Å². The molecule has 106 valence electrons. The predicted octanol–water partition coefficient (Wildman–Crippen LogP) is 2.92. The van der Waals surface area contributed by atoms with E-state index in [9.17, 15) is 9.59 Å². The van der Waals surface area contributed by atoms with Crippen LogP contribution in [0.1, 0.15) is 38.1 Å². The van der Waals surface area contributed by atoms with Crippen molar-refractivity contribution in [2.75, 3.05) is 6.61 Å². The number of halogens is 1. The van der Waals surface area contributed by atoms with Gasteiger partial charge in [-0.1, -0.05) is 27.7 Å². The molecule has 0 spiro atoms. The Kier molecular flexibility index (Phi) is 5.60. The fourth-order valence-corrected chi connectivity index (χ4v) is 1.78. The summed E-state index contributed by atoms with van der Waals surface area (Å²) in [6.07, 6.45) is 1.58. The van der Waals surface area contributed by atoms with Crippen LogP contribution in [0.2, 0.25) is 0 Å². The fourth-order valence-electron chi connectivity index (χ4n) is 1.63. The highest BCUT2D eigenvalue weighted by Gasteiger charge is 2.17. The van der Waals surface area contributed by atoms with E-state index in [4.69, 9.17) is 16.3 Å². The topological polar surface area (TPSA) is 48.3 Å². The molecule has 1 aromatic rings. The summed E-state index contributed by atoms with van der Waals surface area (Å²) in [4.78, 5) is 23.6. The zero-order valence-electron chi connectivity index (χ0n) is 11.8. The lowest BCUT2D eigenvalue weighted by molar-refractivity contribution is 0.107. The van der Waals surface area contributed by atoms with Gasteiger partial charge in [-0.25, -0.2) is 0 Å². The van der Waals surface area contributed by atoms with E-state index in [2.05, 4.69) is 0 Å². The molecule has 0 radical (unpaired) electrons. The number of carbonyl (C=O) groups excluding carboxylic acids is 1. The molecule has 1 aromatic heterocycles. The van der Waals surface area contributed by atoms with Crippen molar-refractivity contribution in [3.05, 3.63) is 28.2 Å². The Morgan fingerprint density at radius 1 is 1.32 bits per heavy atom. The summed E-state index contributed by atoms with van der Waals surface area (Å²) in [7, 11) is 0. The van der Waals surface area contributed by atoms with Crippen LogP contribution in [0.25, 0.3) is 0 Å². The van der Waals surface area contributed by atoms with E-state index in [1.807, 2.05) is 27.7 Å². The molecule has 0 aliphatic rings. The molecule has 1 rings (SSSR count). The summed E-state index contributed by atoms with van der Waals surface area (Å²) in [5.41, 5.74) is -0.173. The molecule has 0 aromatic carbocycles. The molecule has 0 bridgehead atoms. The molecule has 19 heavy (non-hydrogen) atoms. The van der Waals surface area contributed by atoms with Gasteiger partial charge >= 0.3 is 0 Å². The van der Waals surface area contributed by atoms with E-state index in [-0.39, 0.29) is 22.8 Å². The SMILES string of the molecule is CC(C)COc1c(C(=O)Cl)ccn(CC(C)C)c1=O. The molecule has 5 heteroatoms. The first-order valence-electron chi connectivity index (χ1n) is 6.39. The quantitative estimate of drug-likeness (QED) is 0.755. The van der Waals surface area contributed by atoms with Crippen LogP contribution in [-0.4, -0.2) is 16.4 Å². The van der Waals surface area contributed by atoms with E-state index in [1.165, 1.54) is 6.07 Å². The van der Waals surface area contributed by atoms with Crippen LogP contribution in [0.5, 0.6) is 5.75 Å². The summed E-state index contributed by atoms with van der Waals surface area (Å²) < 4.78 is 7.02. The van der Waals surface area contributed by atoms with Crippen molar-refractivity contribution in [1.82, 2.24) is 4.57 Å². The van der Waals surface area contributed by atoms with Gasteiger partial charge in [0.15, 0.2) is 5.75 Å². The van der Waals surface area contributed by atoms with Crippen LogP contribution in [0.15, 0.2) is 17.1 Å². The Labute approximate surface area is 118 Å². The average molecular weight is 286 g/mol. The third kappa shape index (κ3) is 4.39. The largest absolute Gasteiger partial charge is 0.487 e. The number of carbonyl (C=O) groups is 1. The molecule has 0 amide bonds. The standard InChI is InChI=1S/C14H20ClNO3/c1-9(2)7-16-6-5-11(13(15)17)12(14(16)18)19-8-10(3)4/h5-6,9-10H,7-8H2,1-4H3. The molecule has 0 aliphatic heterocycles. The Hall–Kier alpha value is -1.29. The lowest BCUT2D eigenvalue weighted by Crippen LogP contribution is -2.26. The maximum absolute atomic E-state index is 12.3. The second kappa shape index (κ2) is 6.75. The van der Waals surface area contributed by atoms with Crippen LogP contribution in [0.3, 0.4) is 0 Å². The third-order valence-corrected chi connectivity index (χ3v) is 2.66. The Morgan fingerprint density at radius 3 is 2.42 bits per heavy atom. The monoisotopic (exact) mass is 285 g/mol. The van der Waals surface area contributed by atoms with Gasteiger partial charge < -0.3 is 9.30 Å². The molecule has 0 aliphatic carbocycles. The van der Waals surface area contributed by atoms with E-state index in [1.54, 1.807) is 10.8 Å². The van der Waals surface area contributed by atoms with Gasteiger partial charge in [0.25, 0.3) is 10.8 Å². The summed E-state index contributed by atoms with van der Waals surface area (Å²) in [5.74, 6) is 0.640. The Morgan fingerprint density at radius 2 is 1.95 bits per heavy atom. The lowest BCUT2D eigenvalue weighted by Gasteiger charge is -2.14. The van der Waals surface area contributed by atoms with Crippen molar-refractivity contribution >= 4 is 16.8 Å². The van der Waals surface area contributed by atoms with Crippen LogP contribution in [0, 0.1) is 11.8 Å². The summed E-state index contributed by atoms with van der Waals surface area (Å²) in [5, 5.41) is -0.674. The molecule has 0 unspecified atom stereocenters. The predicted molar refractivity (Wildman–Crippen MR) is 76.1 cm³/mol. The van der Waals surface area contributed by atoms with E-state index in [0.29, 0.717) is 19.1 Å². The molecule has 0 N–H and O–H groups in total. The number of nitrogens with zero attached hydrogens (tertiary/aromatic N) is 1. The minimum Gasteiger partial charge on any atom is -0.487 e. The number of hydrogen-bond acceptors (Lipinski definition) is 3. The first-order chi connectivity index (χ1) is 8.82. The molecule has 4 nitrogen and oxygen atoms in total. The van der Waals surface area contributed by atoms with Crippen molar-refractivity contribution < 1.29 is 9.53 Å². The highest BCUT2D eigenvalue weighted by molar-refractivity contribution is 6.68. The second-order valence-electron chi connectivity index (χ2n) is 5.39. The highest BCUT2D eigenvalue weighted by atomic mass is 35.5. The third-order valence-electron chi connectivity index (χ3n) is 2.46. The Balaban J connectivity index is 3.19. The van der Waals surface area contributed by atoms with Gasteiger partial charge in [-0.3, -0.25) is 9.59 Å². The number of hydrogen-bond donors (Lipinski definition) is 0. The molecule has 1 heterocycles. The van der Waals surface area contributed by atoms with E-state index in [0.717, 1.165) is 0 Å². The minimum atomic E-state index is -0.674. The summed E-state index contributed by atoms with van der Waals surface area (Å²) in [6, 6.07) is 1.54. The second-order valence-corrected chi connectivity index (χ2v) is 5.73. The maximum Gasteiger partial charge on any atom is 0.293 e. The van der Waals surface area contributed by atoms with Gasteiger partial charge in [-0.2, -0.15) is 0 Å². The van der Waals surface area contributed by atoms with Crippen molar-refractivity contribution in [3.8, 4) is 5.75 Å². The zero-order valence-corrected chi connectivity index (χ0v) is 12.5. The van der Waals surface area contributed by atoms with Crippen molar-refractivity contribution in [1.29, 1.82) is 0 Å². The minimum absolute atomic E-state index is 0.0526. The van der Waals surface area contributed by atoms with Gasteiger partial charge in [0.1, 0.15) is 0 Å². The number of rotatable bonds is 6. The van der Waals surface area contributed by atoms with Crippen molar-refractivity contribution in [2.24, 2.45) is 11.8 Å². The van der Waals surface area contributed by atoms with Crippen LogP contribution < -0.4 is 10.3 Å². The first-order valence-corrected chi connectivity index (χ1v) is 6.76. The molecular formula is C14H20ClNO3. The smallest absolute Gasteiger partial charge is 0.293 e. The maximum atomic E-state index is 12.3. The lowest BCUT2D eigenvalue weighted by atomic mass is 10.2. The van der Waals surface area contributed by atoms with Crippen LogP contribution in [0.4, 0.5) is 0 Å². The summed E-state index contributed by atoms with van der Waals surface area (Å²) in [6.45, 7) is 8.92. The van der Waals surface area contributed by atoms with Crippen LogP contribution >= 0.6 is 11.6 Å². The first kappa shape index (κ1) is 15.8. The van der Waals surface area contributed by atoms with Gasteiger partial charge in [0, 0.05) is 12.7 Å². The van der Waals surface area contributed by atoms with Gasteiger partial charge in [-0.15, -0.1) is 0 Å².